The van der Waals surface area contributed by atoms with Crippen LogP contribution in [0.4, 0.5) is 5.95 Å². The first-order valence-corrected chi connectivity index (χ1v) is 5.96. The molecule has 0 unspecified atom stereocenters. The molecule has 0 saturated carbocycles. The second-order valence-corrected chi connectivity index (χ2v) is 5.57. The van der Waals surface area contributed by atoms with Gasteiger partial charge < -0.3 is 11.2 Å². The Bertz CT molecular complexity index is 654. The number of hydrogen-bond donors (Lipinski definition) is 3. The summed E-state index contributed by atoms with van der Waals surface area (Å²) in [5.74, 6) is 6.29. The molecule has 0 aliphatic rings. The van der Waals surface area contributed by atoms with Gasteiger partial charge in [0.2, 0.25) is 5.95 Å². The third-order valence-electron chi connectivity index (χ3n) is 2.42. The summed E-state index contributed by atoms with van der Waals surface area (Å²) >= 11 is 6.10. The van der Waals surface area contributed by atoms with E-state index in [2.05, 4.69) is 10.3 Å². The number of nitrogens with zero attached hydrogens (tertiary/aromatic N) is 2. The van der Waals surface area contributed by atoms with Crippen LogP contribution >= 0.6 is 11.6 Å². The van der Waals surface area contributed by atoms with Gasteiger partial charge in [0.05, 0.1) is 10.5 Å². The summed E-state index contributed by atoms with van der Waals surface area (Å²) < 4.78 is 1.23. The zero-order chi connectivity index (χ0) is 13.5. The minimum atomic E-state index is -0.199. The molecule has 0 radical (unpaired) electrons. The lowest BCUT2D eigenvalue weighted by atomic mass is 10.1. The molecule has 0 fully saturated rings. The number of halogens is 1. The van der Waals surface area contributed by atoms with E-state index in [1.165, 1.54) is 4.68 Å². The fourth-order valence-corrected chi connectivity index (χ4v) is 1.86. The van der Waals surface area contributed by atoms with E-state index in [-0.39, 0.29) is 11.0 Å². The Morgan fingerprint density at radius 2 is 2.06 bits per heavy atom. The molecule has 0 spiro atoms. The van der Waals surface area contributed by atoms with Crippen molar-refractivity contribution >= 4 is 28.5 Å². The largest absolute Gasteiger partial charge is 0.350 e. The fraction of sp³-hybridized carbons (Fsp3) is 0.333. The van der Waals surface area contributed by atoms with Crippen LogP contribution in [0.5, 0.6) is 0 Å². The third kappa shape index (κ3) is 2.26. The first kappa shape index (κ1) is 12.7. The molecule has 0 atom stereocenters. The molecule has 4 N–H and O–H groups in total. The highest BCUT2D eigenvalue weighted by atomic mass is 35.5. The zero-order valence-electron chi connectivity index (χ0n) is 10.6. The average molecular weight is 266 g/mol. The monoisotopic (exact) mass is 265 g/mol. The van der Waals surface area contributed by atoms with Crippen molar-refractivity contribution < 1.29 is 0 Å². The molecule has 96 valence electrons. The lowest BCUT2D eigenvalue weighted by Crippen LogP contribution is -2.36. The van der Waals surface area contributed by atoms with Crippen molar-refractivity contribution in [2.45, 2.75) is 26.3 Å². The van der Waals surface area contributed by atoms with Crippen molar-refractivity contribution in [2.24, 2.45) is 0 Å². The van der Waals surface area contributed by atoms with Crippen molar-refractivity contribution in [2.75, 3.05) is 11.2 Å². The van der Waals surface area contributed by atoms with Crippen LogP contribution in [0, 0.1) is 5.41 Å². The highest BCUT2D eigenvalue weighted by Crippen LogP contribution is 2.20. The molecule has 0 saturated heterocycles. The Balaban J connectivity index is 2.74. The molecule has 18 heavy (non-hydrogen) atoms. The number of anilines is 1. The van der Waals surface area contributed by atoms with Crippen LogP contribution in [0.2, 0.25) is 5.02 Å². The fourth-order valence-electron chi connectivity index (χ4n) is 1.64. The molecule has 1 aromatic carbocycles. The maximum atomic E-state index is 8.03. The number of hydrogen-bond acceptors (Lipinski definition) is 4. The Morgan fingerprint density at radius 1 is 1.39 bits per heavy atom. The summed E-state index contributed by atoms with van der Waals surface area (Å²) in [5, 5.41) is 12.3. The first-order valence-electron chi connectivity index (χ1n) is 5.59. The molecule has 1 heterocycles. The lowest BCUT2D eigenvalue weighted by molar-refractivity contribution is 0.618. The molecular formula is C12H16ClN5. The number of rotatable bonds is 1. The van der Waals surface area contributed by atoms with Gasteiger partial charge >= 0.3 is 0 Å². The lowest BCUT2D eigenvalue weighted by Gasteiger charge is -2.23. The molecule has 0 aliphatic carbocycles. The number of aromatic nitrogens is 2. The van der Waals surface area contributed by atoms with Gasteiger partial charge in [-0.15, -0.1) is 0 Å². The van der Waals surface area contributed by atoms with Gasteiger partial charge in [0.15, 0.2) is 5.49 Å². The van der Waals surface area contributed by atoms with E-state index in [4.69, 9.17) is 22.9 Å². The second kappa shape index (κ2) is 4.17. The predicted molar refractivity (Wildman–Crippen MR) is 74.1 cm³/mol. The minimum absolute atomic E-state index is 0.175. The van der Waals surface area contributed by atoms with E-state index >= 15 is 0 Å². The van der Waals surface area contributed by atoms with E-state index in [1.807, 2.05) is 20.8 Å². The molecule has 0 aliphatic heterocycles. The highest BCUT2D eigenvalue weighted by molar-refractivity contribution is 6.35. The smallest absolute Gasteiger partial charge is 0.224 e. The van der Waals surface area contributed by atoms with Gasteiger partial charge in [-0.2, -0.15) is 0 Å². The molecule has 2 rings (SSSR count). The standard InChI is InChI=1S/C12H16ClN5/c1-12(2,3)17-11-16-9-7(10(14)18(11)15)5-4-6-8(9)13/h4-6,14H,15H2,1-3H3,(H,16,17). The van der Waals surface area contributed by atoms with E-state index in [9.17, 15) is 0 Å². The van der Waals surface area contributed by atoms with Crippen LogP contribution in [0.25, 0.3) is 10.9 Å². The third-order valence-corrected chi connectivity index (χ3v) is 2.72. The van der Waals surface area contributed by atoms with Gasteiger partial charge in [-0.25, -0.2) is 9.66 Å². The summed E-state index contributed by atoms with van der Waals surface area (Å²) in [6, 6.07) is 5.31. The molecule has 5 nitrogen and oxygen atoms in total. The van der Waals surface area contributed by atoms with Crippen LogP contribution in [-0.2, 0) is 0 Å². The van der Waals surface area contributed by atoms with Crippen molar-refractivity contribution in [3.8, 4) is 0 Å². The Labute approximate surface area is 110 Å². The Hall–Kier alpha value is -1.75. The normalized spacial score (nSPS) is 11.8. The van der Waals surface area contributed by atoms with Crippen molar-refractivity contribution in [1.29, 1.82) is 5.41 Å². The van der Waals surface area contributed by atoms with E-state index in [0.717, 1.165) is 0 Å². The minimum Gasteiger partial charge on any atom is -0.350 e. The van der Waals surface area contributed by atoms with Gasteiger partial charge in [-0.3, -0.25) is 5.41 Å². The molecule has 6 heteroatoms. The zero-order valence-corrected chi connectivity index (χ0v) is 11.3. The molecule has 0 amide bonds. The number of nitrogen functional groups attached to an aromatic ring is 1. The quantitative estimate of drug-likeness (QED) is 0.691. The number of benzene rings is 1. The van der Waals surface area contributed by atoms with Crippen LogP contribution in [-0.4, -0.2) is 15.2 Å². The highest BCUT2D eigenvalue weighted by Gasteiger charge is 2.15. The van der Waals surface area contributed by atoms with E-state index in [0.29, 0.717) is 21.9 Å². The summed E-state index contributed by atoms with van der Waals surface area (Å²) in [6.07, 6.45) is 0. The van der Waals surface area contributed by atoms with E-state index < -0.39 is 0 Å². The van der Waals surface area contributed by atoms with Gasteiger partial charge in [-0.1, -0.05) is 17.7 Å². The number of nitrogens with two attached hydrogens (primary N) is 1. The van der Waals surface area contributed by atoms with Crippen LogP contribution < -0.4 is 16.6 Å². The SMILES string of the molecule is CC(C)(C)Nc1nc2c(Cl)cccc2c(=N)n1N. The van der Waals surface area contributed by atoms with Crippen LogP contribution in [0.1, 0.15) is 20.8 Å². The van der Waals surface area contributed by atoms with E-state index in [1.54, 1.807) is 18.2 Å². The maximum absolute atomic E-state index is 8.03. The first-order chi connectivity index (χ1) is 8.29. The molecular weight excluding hydrogens is 250 g/mol. The topological polar surface area (TPSA) is 79.7 Å². The van der Waals surface area contributed by atoms with Crippen molar-refractivity contribution in [1.82, 2.24) is 9.66 Å². The molecule has 2 aromatic rings. The Kier molecular flexibility index (Phi) is 2.94. The van der Waals surface area contributed by atoms with Gasteiger partial charge in [0, 0.05) is 10.9 Å². The van der Waals surface area contributed by atoms with Gasteiger partial charge in [-0.05, 0) is 32.9 Å². The number of nitrogens with one attached hydrogen (secondary N) is 2. The Morgan fingerprint density at radius 3 is 2.67 bits per heavy atom. The second-order valence-electron chi connectivity index (χ2n) is 5.17. The van der Waals surface area contributed by atoms with Gasteiger partial charge in [0.1, 0.15) is 0 Å². The summed E-state index contributed by atoms with van der Waals surface area (Å²) in [5.41, 5.74) is 0.557. The number of para-hydroxylation sites is 1. The predicted octanol–water partition coefficient (Wildman–Crippen LogP) is 2.09. The van der Waals surface area contributed by atoms with Crippen LogP contribution in [0.15, 0.2) is 18.2 Å². The maximum Gasteiger partial charge on any atom is 0.224 e. The summed E-state index contributed by atoms with van der Waals surface area (Å²) in [4.78, 5) is 4.40. The average Bonchev–Trinajstić information content (AvgIpc) is 2.25. The van der Waals surface area contributed by atoms with Crippen molar-refractivity contribution in [3.05, 3.63) is 28.7 Å². The summed E-state index contributed by atoms with van der Waals surface area (Å²) in [7, 11) is 0. The van der Waals surface area contributed by atoms with Crippen molar-refractivity contribution in [3.63, 3.8) is 0 Å². The number of fused-ring (bicyclic) bond motifs is 1. The molecule has 0 bridgehead atoms. The van der Waals surface area contributed by atoms with Crippen LogP contribution in [0.3, 0.4) is 0 Å². The summed E-state index contributed by atoms with van der Waals surface area (Å²) in [6.45, 7) is 5.99. The molecule has 1 aromatic heterocycles. The van der Waals surface area contributed by atoms with Gasteiger partial charge in [0.25, 0.3) is 0 Å².